The Morgan fingerprint density at radius 1 is 0.394 bits per heavy atom. The normalized spacial score (nSPS) is 11.7. The van der Waals surface area contributed by atoms with E-state index >= 15 is 0 Å². The summed E-state index contributed by atoms with van der Waals surface area (Å²) < 4.78 is 46.5. The Labute approximate surface area is 379 Å². The highest BCUT2D eigenvalue weighted by Crippen LogP contribution is 2.48. The highest BCUT2D eigenvalue weighted by molar-refractivity contribution is 6.13. The predicted octanol–water partition coefficient (Wildman–Crippen LogP) is 17.3. The molecule has 4 nitrogen and oxygen atoms in total. The Kier molecular flexibility index (Phi) is 9.46. The Morgan fingerprint density at radius 2 is 0.894 bits per heavy atom. The van der Waals surface area contributed by atoms with E-state index in [2.05, 4.69) is 124 Å². The number of aryl methyl sites for hydroxylation is 2. The number of alkyl halides is 3. The van der Waals surface area contributed by atoms with Gasteiger partial charge in [-0.25, -0.2) is 9.69 Å². The average molecular weight is 859 g/mol. The van der Waals surface area contributed by atoms with Crippen molar-refractivity contribution in [2.45, 2.75) is 20.0 Å². The third kappa shape index (κ3) is 6.44. The van der Waals surface area contributed by atoms with Crippen molar-refractivity contribution in [3.63, 3.8) is 0 Å². The summed E-state index contributed by atoms with van der Waals surface area (Å²) in [5, 5.41) is 4.19. The third-order valence-electron chi connectivity index (χ3n) is 12.9. The molecule has 2 heterocycles. The summed E-state index contributed by atoms with van der Waals surface area (Å²) in [7, 11) is 0. The molecule has 0 saturated heterocycles. The molecule has 0 aliphatic heterocycles. The first-order chi connectivity index (χ1) is 32.1. The van der Waals surface area contributed by atoms with E-state index in [1.165, 1.54) is 17.2 Å². The van der Waals surface area contributed by atoms with Crippen LogP contribution in [0.1, 0.15) is 16.7 Å². The van der Waals surface area contributed by atoms with Gasteiger partial charge in [-0.05, 0) is 125 Å². The van der Waals surface area contributed by atoms with Crippen LogP contribution >= 0.6 is 0 Å². The second-order valence-corrected chi connectivity index (χ2v) is 16.7. The molecule has 0 amide bonds. The van der Waals surface area contributed by atoms with Gasteiger partial charge in [0.2, 0.25) is 0 Å². The summed E-state index contributed by atoms with van der Waals surface area (Å²) >= 11 is 0. The van der Waals surface area contributed by atoms with Gasteiger partial charge in [0.05, 0.1) is 40.9 Å². The summed E-state index contributed by atoms with van der Waals surface area (Å²) in [6.45, 7) is 20.9. The fourth-order valence-corrected chi connectivity index (χ4v) is 9.82. The summed E-state index contributed by atoms with van der Waals surface area (Å²) in [5.74, 6) is 0. The zero-order chi connectivity index (χ0) is 45.3. The monoisotopic (exact) mass is 858 g/mol. The maximum absolute atomic E-state index is 14.0. The molecule has 314 valence electrons. The number of hydrogen-bond donors (Lipinski definition) is 0. The van der Waals surface area contributed by atoms with E-state index in [1.54, 1.807) is 0 Å². The lowest BCUT2D eigenvalue weighted by Crippen LogP contribution is -2.04. The number of halogens is 3. The van der Waals surface area contributed by atoms with Crippen LogP contribution in [0.3, 0.4) is 0 Å². The van der Waals surface area contributed by atoms with Crippen LogP contribution < -0.4 is 0 Å². The van der Waals surface area contributed by atoms with Gasteiger partial charge in [0.1, 0.15) is 0 Å². The van der Waals surface area contributed by atoms with Crippen molar-refractivity contribution in [2.24, 2.45) is 0 Å². The van der Waals surface area contributed by atoms with Crippen LogP contribution in [0.2, 0.25) is 0 Å². The Bertz CT molecular complexity index is 3870. The molecule has 0 aliphatic rings. The topological polar surface area (TPSA) is 18.6 Å². The van der Waals surface area contributed by atoms with Crippen molar-refractivity contribution in [3.05, 3.63) is 228 Å². The van der Waals surface area contributed by atoms with E-state index < -0.39 is 11.7 Å². The average Bonchev–Trinajstić information content (AvgIpc) is 3.85. The predicted molar refractivity (Wildman–Crippen MR) is 264 cm³/mol. The molecule has 0 radical (unpaired) electrons. The minimum absolute atomic E-state index is 0.116. The van der Waals surface area contributed by atoms with Crippen LogP contribution in [0.5, 0.6) is 0 Å². The zero-order valence-corrected chi connectivity index (χ0v) is 35.8. The van der Waals surface area contributed by atoms with Gasteiger partial charge in [-0.1, -0.05) is 127 Å². The minimum atomic E-state index is -4.62. The van der Waals surface area contributed by atoms with Gasteiger partial charge in [0, 0.05) is 38.4 Å². The van der Waals surface area contributed by atoms with E-state index in [0.29, 0.717) is 27.9 Å². The highest BCUT2D eigenvalue weighted by atomic mass is 19.4. The lowest BCUT2D eigenvalue weighted by atomic mass is 9.93. The van der Waals surface area contributed by atoms with Gasteiger partial charge in [0.25, 0.3) is 0 Å². The van der Waals surface area contributed by atoms with Crippen molar-refractivity contribution in [1.82, 2.24) is 9.13 Å². The number of benzene rings is 9. The molecule has 0 spiro atoms. The maximum atomic E-state index is 14.0. The fourth-order valence-electron chi connectivity index (χ4n) is 9.82. The van der Waals surface area contributed by atoms with E-state index in [4.69, 9.17) is 13.1 Å². The number of rotatable bonds is 6. The molecule has 66 heavy (non-hydrogen) atoms. The summed E-state index contributed by atoms with van der Waals surface area (Å²) in [6, 6.07) is 61.1. The van der Waals surface area contributed by atoms with Gasteiger partial charge >= 0.3 is 6.18 Å². The molecule has 0 fully saturated rings. The molecule has 11 aromatic rings. The maximum Gasteiger partial charge on any atom is 0.415 e. The molecule has 2 aromatic heterocycles. The highest BCUT2D eigenvalue weighted by Gasteiger charge is 2.31. The van der Waals surface area contributed by atoms with E-state index in [9.17, 15) is 13.2 Å². The second kappa shape index (κ2) is 15.6. The van der Waals surface area contributed by atoms with Crippen molar-refractivity contribution < 1.29 is 13.2 Å². The van der Waals surface area contributed by atoms with Crippen LogP contribution in [-0.2, 0) is 6.18 Å². The molecule has 0 bridgehead atoms. The van der Waals surface area contributed by atoms with Gasteiger partial charge in [-0.2, -0.15) is 13.2 Å². The van der Waals surface area contributed by atoms with E-state index in [1.807, 2.05) is 78.9 Å². The summed E-state index contributed by atoms with van der Waals surface area (Å²) in [6.07, 6.45) is -4.62. The van der Waals surface area contributed by atoms with Crippen LogP contribution in [0.25, 0.3) is 109 Å². The molecule has 0 aliphatic carbocycles. The Balaban J connectivity index is 1.23. The molecular formula is C59H37F3N4. The van der Waals surface area contributed by atoms with Crippen LogP contribution in [0, 0.1) is 27.0 Å². The Hall–Kier alpha value is -8.65. The first-order valence-electron chi connectivity index (χ1n) is 21.6. The van der Waals surface area contributed by atoms with Gasteiger partial charge < -0.3 is 9.13 Å². The summed E-state index contributed by atoms with van der Waals surface area (Å²) in [5.41, 5.74) is 13.8. The zero-order valence-electron chi connectivity index (χ0n) is 35.8. The molecule has 9 aromatic carbocycles. The lowest BCUT2D eigenvalue weighted by Gasteiger charge is -2.21. The van der Waals surface area contributed by atoms with Gasteiger partial charge in [-0.15, -0.1) is 0 Å². The number of hydrogen-bond acceptors (Lipinski definition) is 0. The van der Waals surface area contributed by atoms with E-state index in [-0.39, 0.29) is 5.69 Å². The molecule has 0 saturated carbocycles. The number of para-hydroxylation sites is 2. The minimum Gasteiger partial charge on any atom is -0.310 e. The van der Waals surface area contributed by atoms with Crippen LogP contribution in [0.15, 0.2) is 188 Å². The molecule has 0 unspecified atom stereocenters. The quantitative estimate of drug-likeness (QED) is 0.148. The largest absolute Gasteiger partial charge is 0.415 e. The molecular weight excluding hydrogens is 822 g/mol. The SMILES string of the molecule is [C-]#[N+]c1cc(C(F)(F)F)ccc1-c1ccc(-n2c3ccccc3c3cc(-c4ccccc4C)ccc32)c(-c2c([N+]#[C-])cccc2-n2c3ccccc3c3cc(-c4ccccc4C)ccc32)c1. The number of fused-ring (bicyclic) bond motifs is 6. The van der Waals surface area contributed by atoms with Crippen molar-refractivity contribution in [2.75, 3.05) is 0 Å². The number of aromatic nitrogens is 2. The lowest BCUT2D eigenvalue weighted by molar-refractivity contribution is -0.137. The fraction of sp³-hybridized carbons (Fsp3) is 0.0508. The van der Waals surface area contributed by atoms with Crippen molar-refractivity contribution >= 4 is 55.0 Å². The van der Waals surface area contributed by atoms with Crippen LogP contribution in [-0.4, -0.2) is 9.13 Å². The second-order valence-electron chi connectivity index (χ2n) is 16.7. The smallest absolute Gasteiger partial charge is 0.310 e. The first-order valence-corrected chi connectivity index (χ1v) is 21.6. The first kappa shape index (κ1) is 40.1. The van der Waals surface area contributed by atoms with Gasteiger partial charge in [-0.3, -0.25) is 0 Å². The Morgan fingerprint density at radius 3 is 1.45 bits per heavy atom. The third-order valence-corrected chi connectivity index (χ3v) is 12.9. The molecule has 7 heteroatoms. The molecule has 0 atom stereocenters. The number of nitrogens with zero attached hydrogens (tertiary/aromatic N) is 4. The summed E-state index contributed by atoms with van der Waals surface area (Å²) in [4.78, 5) is 7.77. The molecule has 0 N–H and O–H groups in total. The van der Waals surface area contributed by atoms with Crippen molar-refractivity contribution in [1.29, 1.82) is 0 Å². The van der Waals surface area contributed by atoms with Gasteiger partial charge in [0.15, 0.2) is 11.4 Å². The van der Waals surface area contributed by atoms with E-state index in [0.717, 1.165) is 89.4 Å². The molecule has 11 rings (SSSR count). The van der Waals surface area contributed by atoms with Crippen molar-refractivity contribution in [3.8, 4) is 55.9 Å². The van der Waals surface area contributed by atoms with Crippen LogP contribution in [0.4, 0.5) is 24.5 Å². The standard InChI is InChI=1S/C59H37F3N4/c1-36-14-5-7-16-42(36)38-24-29-54-47(32-38)45-18-9-11-21-52(45)65(54)56-31-26-40(44-28-27-41(59(60,61)62)35-51(44)64-4)34-49(56)58-50(63-3)20-13-23-57(58)66-53-22-12-10-19-46(53)48-33-39(25-30-55(48)66)43-17-8-6-15-37(43)2/h5-35H,1-2H3.